The number of carboxylic acids is 1. The molecule has 6 heteroatoms. The van der Waals surface area contributed by atoms with Crippen LogP contribution in [0.25, 0.3) is 6.08 Å². The molecule has 3 aliphatic carbocycles. The van der Waals surface area contributed by atoms with Crippen LogP contribution in [0, 0.1) is 23.2 Å². The summed E-state index contributed by atoms with van der Waals surface area (Å²) >= 11 is -1.53. The molecule has 5 atom stereocenters. The van der Waals surface area contributed by atoms with Crippen molar-refractivity contribution in [2.24, 2.45) is 23.2 Å². The monoisotopic (exact) mass is 445 g/mol. The van der Waals surface area contributed by atoms with Gasteiger partial charge in [-0.15, -0.1) is 0 Å². The molecule has 2 bridgehead atoms. The summed E-state index contributed by atoms with van der Waals surface area (Å²) < 4.78 is 20.3. The molecule has 4 rings (SSSR count). The lowest BCUT2D eigenvalue weighted by Crippen LogP contribution is -2.61. The van der Waals surface area contributed by atoms with Crippen LogP contribution < -0.4 is 0 Å². The number of nitrogens with zero attached hydrogens (tertiary/aromatic N) is 1. The van der Waals surface area contributed by atoms with E-state index in [1.54, 1.807) is 0 Å². The highest BCUT2D eigenvalue weighted by Gasteiger charge is 2.58. The summed E-state index contributed by atoms with van der Waals surface area (Å²) in [4.78, 5) is 10.7. The number of carboxylic acid groups (broad SMARTS) is 1. The van der Waals surface area contributed by atoms with Gasteiger partial charge in [0.25, 0.3) is 11.3 Å². The first kappa shape index (κ1) is 23.7. The average molecular weight is 446 g/mol. The summed E-state index contributed by atoms with van der Waals surface area (Å²) in [6.45, 7) is 4.73. The van der Waals surface area contributed by atoms with E-state index in [1.807, 2.05) is 47.8 Å². The van der Waals surface area contributed by atoms with Gasteiger partial charge in [-0.05, 0) is 66.9 Å². The lowest BCUT2D eigenvalue weighted by Gasteiger charge is -2.63. The van der Waals surface area contributed by atoms with E-state index in [0.717, 1.165) is 24.8 Å². The first-order valence-electron chi connectivity index (χ1n) is 11.2. The Morgan fingerprint density at radius 1 is 1.26 bits per heavy atom. The van der Waals surface area contributed by atoms with Gasteiger partial charge in [0, 0.05) is 19.5 Å². The molecule has 5 nitrogen and oxygen atoms in total. The van der Waals surface area contributed by atoms with Crippen LogP contribution in [0.1, 0.15) is 57.9 Å². The summed E-state index contributed by atoms with van der Waals surface area (Å²) in [7, 11) is 1.90. The number of hydrogen-bond acceptors (Lipinski definition) is 3. The molecule has 0 spiro atoms. The van der Waals surface area contributed by atoms with Crippen molar-refractivity contribution in [3.8, 4) is 0 Å². The molecule has 3 aliphatic rings. The van der Waals surface area contributed by atoms with Gasteiger partial charge in [-0.2, -0.15) is 8.51 Å². The second-order valence-electron chi connectivity index (χ2n) is 9.39. The zero-order valence-electron chi connectivity index (χ0n) is 18.8. The largest absolute Gasteiger partial charge is 0.481 e. The van der Waals surface area contributed by atoms with Gasteiger partial charge in [0.1, 0.15) is 6.26 Å². The Bertz CT molecular complexity index is 820. The van der Waals surface area contributed by atoms with Crippen LogP contribution in [0.3, 0.4) is 0 Å². The van der Waals surface area contributed by atoms with Gasteiger partial charge >= 0.3 is 5.97 Å². The molecule has 0 aliphatic heterocycles. The maximum absolute atomic E-state index is 12.8. The lowest BCUT2D eigenvalue weighted by atomic mass is 9.44. The highest BCUT2D eigenvalue weighted by molar-refractivity contribution is 7.77. The van der Waals surface area contributed by atoms with E-state index in [1.165, 1.54) is 12.7 Å². The number of rotatable bonds is 11. The zero-order valence-corrected chi connectivity index (χ0v) is 19.6. The lowest BCUT2D eigenvalue weighted by molar-refractivity contribution is -0.137. The van der Waals surface area contributed by atoms with E-state index >= 15 is 0 Å². The van der Waals surface area contributed by atoms with E-state index < -0.39 is 17.2 Å². The van der Waals surface area contributed by atoms with Gasteiger partial charge in [-0.3, -0.25) is 4.79 Å². The number of fused-ring (bicyclic) bond motifs is 2. The smallest absolute Gasteiger partial charge is 0.303 e. The predicted octanol–water partition coefficient (Wildman–Crippen LogP) is 5.44. The molecule has 0 aromatic heterocycles. The van der Waals surface area contributed by atoms with Crippen molar-refractivity contribution in [2.45, 2.75) is 58.4 Å². The number of aliphatic carboxylic acids is 1. The Labute approximate surface area is 189 Å². The van der Waals surface area contributed by atoms with Gasteiger partial charge in [0.05, 0.1) is 0 Å². The van der Waals surface area contributed by atoms with E-state index in [0.29, 0.717) is 29.6 Å². The van der Waals surface area contributed by atoms with Crippen molar-refractivity contribution in [1.29, 1.82) is 0 Å². The standard InChI is InChI=1S/C25H35NO4S/c1-25(2)20-17-22(25)21(13-9-4-5-10-14-24(27)28)23(18-20)26(3)31(29)30-16-15-19-11-7-6-8-12-19/h4,6-9,11-12,15-16,20-23H,5,10,13-14,17-18H2,1-3H3,(H,27,28)/t20-,21?,22+,23?,31?/m1/s1. The molecule has 31 heavy (non-hydrogen) atoms. The number of carbonyl (C=O) groups is 1. The molecular formula is C25H35NO4S. The topological polar surface area (TPSA) is 66.8 Å². The Hall–Kier alpha value is -1.92. The molecule has 3 fully saturated rings. The summed E-state index contributed by atoms with van der Waals surface area (Å²) in [5.41, 5.74) is 1.34. The molecule has 1 aromatic rings. The summed E-state index contributed by atoms with van der Waals surface area (Å²) in [5.74, 6) is 0.955. The van der Waals surface area contributed by atoms with Crippen LogP contribution in [0.15, 0.2) is 48.7 Å². The highest BCUT2D eigenvalue weighted by Crippen LogP contribution is 2.62. The van der Waals surface area contributed by atoms with Gasteiger partial charge < -0.3 is 9.29 Å². The predicted molar refractivity (Wildman–Crippen MR) is 125 cm³/mol. The van der Waals surface area contributed by atoms with Crippen molar-refractivity contribution in [3.63, 3.8) is 0 Å². The second-order valence-corrected chi connectivity index (χ2v) is 10.6. The van der Waals surface area contributed by atoms with Crippen LogP contribution >= 0.6 is 0 Å². The van der Waals surface area contributed by atoms with Gasteiger partial charge in [-0.25, -0.2) is 0 Å². The fraction of sp³-hybridized carbons (Fsp3) is 0.560. The van der Waals surface area contributed by atoms with Crippen molar-refractivity contribution < 1.29 is 18.3 Å². The minimum absolute atomic E-state index is 0.212. The molecule has 1 aromatic carbocycles. The summed E-state index contributed by atoms with van der Waals surface area (Å²) in [6, 6.07) is 10.0. The normalized spacial score (nSPS) is 28.0. The van der Waals surface area contributed by atoms with Crippen LogP contribution in [0.4, 0.5) is 0 Å². The second kappa shape index (κ2) is 10.6. The number of benzene rings is 1. The molecule has 0 heterocycles. The SMILES string of the molecule is CN(C1C[C@H]2C[C@@H](C1CC=CCCCC(=O)O)C2(C)C)S(=O)OC=Cc1ccccc1. The molecule has 170 valence electrons. The third-order valence-electron chi connectivity index (χ3n) is 7.32. The first-order valence-corrected chi connectivity index (χ1v) is 12.2. The molecule has 0 amide bonds. The third-order valence-corrected chi connectivity index (χ3v) is 8.34. The molecular weight excluding hydrogens is 410 g/mol. The zero-order chi connectivity index (χ0) is 22.4. The summed E-state index contributed by atoms with van der Waals surface area (Å²) in [6.07, 6.45) is 12.5. The fourth-order valence-electron chi connectivity index (χ4n) is 5.30. The highest BCUT2D eigenvalue weighted by atomic mass is 32.2. The van der Waals surface area contributed by atoms with Crippen molar-refractivity contribution in [1.82, 2.24) is 4.31 Å². The quantitative estimate of drug-likeness (QED) is 0.280. The van der Waals surface area contributed by atoms with Crippen LogP contribution in [0.2, 0.25) is 0 Å². The van der Waals surface area contributed by atoms with Crippen molar-refractivity contribution in [3.05, 3.63) is 54.3 Å². The third kappa shape index (κ3) is 5.86. The van der Waals surface area contributed by atoms with Crippen molar-refractivity contribution >= 4 is 23.3 Å². The minimum atomic E-state index is -1.53. The average Bonchev–Trinajstić information content (AvgIpc) is 2.75. The molecule has 3 saturated carbocycles. The molecule has 0 radical (unpaired) electrons. The number of allylic oxidation sites excluding steroid dienone is 2. The fourth-order valence-corrected chi connectivity index (χ4v) is 6.05. The maximum atomic E-state index is 12.8. The van der Waals surface area contributed by atoms with Gasteiger partial charge in [0.2, 0.25) is 0 Å². The van der Waals surface area contributed by atoms with Crippen LogP contribution in [-0.2, 0) is 20.2 Å². The van der Waals surface area contributed by atoms with Crippen molar-refractivity contribution in [2.75, 3.05) is 7.05 Å². The van der Waals surface area contributed by atoms with Gasteiger partial charge in [-0.1, -0.05) is 56.3 Å². The summed E-state index contributed by atoms with van der Waals surface area (Å²) in [5, 5.41) is 8.77. The Morgan fingerprint density at radius 2 is 2.00 bits per heavy atom. The minimum Gasteiger partial charge on any atom is -0.481 e. The Morgan fingerprint density at radius 3 is 2.68 bits per heavy atom. The van der Waals surface area contributed by atoms with E-state index in [2.05, 4.69) is 26.0 Å². The molecule has 1 N–H and O–H groups in total. The van der Waals surface area contributed by atoms with E-state index in [9.17, 15) is 9.00 Å². The van der Waals surface area contributed by atoms with Crippen LogP contribution in [-0.4, -0.2) is 32.7 Å². The number of hydrogen-bond donors (Lipinski definition) is 1. The Kier molecular flexibility index (Phi) is 8.11. The first-order chi connectivity index (χ1) is 14.8. The maximum Gasteiger partial charge on any atom is 0.303 e. The van der Waals surface area contributed by atoms with Crippen LogP contribution in [0.5, 0.6) is 0 Å². The molecule has 0 saturated heterocycles. The van der Waals surface area contributed by atoms with E-state index in [-0.39, 0.29) is 12.5 Å². The number of unbranched alkanes of at least 4 members (excludes halogenated alkanes) is 1. The Balaban J connectivity index is 1.59. The molecule has 3 unspecified atom stereocenters. The van der Waals surface area contributed by atoms with E-state index in [4.69, 9.17) is 9.29 Å². The van der Waals surface area contributed by atoms with Gasteiger partial charge in [0.15, 0.2) is 0 Å².